The molecule has 0 atom stereocenters. The highest BCUT2D eigenvalue weighted by molar-refractivity contribution is 6.05. The van der Waals surface area contributed by atoms with Crippen molar-refractivity contribution in [2.75, 3.05) is 53.9 Å². The Balaban J connectivity index is 1.80. The van der Waals surface area contributed by atoms with Crippen LogP contribution in [-0.4, -0.2) is 55.7 Å². The molecule has 3 amide bonds. The van der Waals surface area contributed by atoms with Gasteiger partial charge in [0.2, 0.25) is 5.91 Å². The van der Waals surface area contributed by atoms with Crippen LogP contribution in [0.3, 0.4) is 0 Å². The lowest BCUT2D eigenvalue weighted by atomic mass is 10.2. The van der Waals surface area contributed by atoms with Crippen LogP contribution in [0.5, 0.6) is 0 Å². The van der Waals surface area contributed by atoms with Crippen LogP contribution in [0.2, 0.25) is 0 Å². The molecule has 148 valence electrons. The molecule has 8 heteroatoms. The Morgan fingerprint density at radius 3 is 2.36 bits per heavy atom. The number of hydrazine groups is 1. The van der Waals surface area contributed by atoms with E-state index in [4.69, 9.17) is 0 Å². The van der Waals surface area contributed by atoms with E-state index in [0.29, 0.717) is 30.3 Å². The topological polar surface area (TPSA) is 72.0 Å². The highest BCUT2D eigenvalue weighted by atomic mass is 16.2. The summed E-state index contributed by atoms with van der Waals surface area (Å²) >= 11 is 0. The first-order chi connectivity index (χ1) is 13.5. The Kier molecular flexibility index (Phi) is 5.67. The van der Waals surface area contributed by atoms with Crippen molar-refractivity contribution in [1.82, 2.24) is 9.99 Å². The van der Waals surface area contributed by atoms with Crippen molar-refractivity contribution < 1.29 is 9.59 Å². The zero-order valence-corrected chi connectivity index (χ0v) is 16.7. The zero-order valence-electron chi connectivity index (χ0n) is 16.7. The Labute approximate surface area is 165 Å². The smallest absolute Gasteiger partial charge is 0.343 e. The van der Waals surface area contributed by atoms with Gasteiger partial charge in [-0.15, -0.1) is 0 Å². The number of anilines is 4. The van der Waals surface area contributed by atoms with Crippen LogP contribution in [0.4, 0.5) is 27.7 Å². The third kappa shape index (κ3) is 3.71. The molecule has 0 saturated heterocycles. The quantitative estimate of drug-likeness (QED) is 0.832. The fourth-order valence-electron chi connectivity index (χ4n) is 3.22. The summed E-state index contributed by atoms with van der Waals surface area (Å²) in [5.41, 5.74) is 2.37. The number of fused-ring (bicyclic) bond motifs is 1. The number of nitrogens with zero attached hydrogens (tertiary/aromatic N) is 5. The molecule has 0 fully saturated rings. The van der Waals surface area contributed by atoms with Gasteiger partial charge in [-0.25, -0.2) is 14.8 Å². The molecular formula is C20H26N6O2. The lowest BCUT2D eigenvalue weighted by molar-refractivity contribution is -0.114. The largest absolute Gasteiger partial charge is 0.378 e. The second-order valence-electron chi connectivity index (χ2n) is 6.64. The molecule has 0 saturated carbocycles. The Bertz CT molecular complexity index is 852. The minimum absolute atomic E-state index is 0.0823. The number of urea groups is 1. The summed E-state index contributed by atoms with van der Waals surface area (Å²) in [5, 5.41) is 6.31. The molecule has 1 aliphatic rings. The van der Waals surface area contributed by atoms with Gasteiger partial charge in [-0.3, -0.25) is 14.7 Å². The number of carbonyl (C=O) groups excluding carboxylic acids is 2. The van der Waals surface area contributed by atoms with Crippen molar-refractivity contribution in [3.63, 3.8) is 0 Å². The third-order valence-electron chi connectivity index (χ3n) is 4.61. The average molecular weight is 382 g/mol. The van der Waals surface area contributed by atoms with Gasteiger partial charge in [0.05, 0.1) is 5.69 Å². The molecule has 3 rings (SSSR count). The first-order valence-electron chi connectivity index (χ1n) is 9.35. The van der Waals surface area contributed by atoms with Crippen LogP contribution in [-0.2, 0) is 4.79 Å². The molecule has 0 unspecified atom stereocenters. The summed E-state index contributed by atoms with van der Waals surface area (Å²) in [6.45, 7) is 4.89. The number of aromatic nitrogens is 1. The number of rotatable bonds is 6. The van der Waals surface area contributed by atoms with E-state index in [0.717, 1.165) is 5.69 Å². The van der Waals surface area contributed by atoms with E-state index in [1.54, 1.807) is 17.3 Å². The van der Waals surface area contributed by atoms with Crippen molar-refractivity contribution in [2.45, 2.75) is 13.8 Å². The number of hydrogen-bond donors (Lipinski definition) is 1. The minimum atomic E-state index is -0.262. The third-order valence-corrected chi connectivity index (χ3v) is 4.61. The van der Waals surface area contributed by atoms with Crippen LogP contribution in [0.1, 0.15) is 13.8 Å². The number of nitrogens with one attached hydrogen (secondary N) is 1. The molecule has 0 bridgehead atoms. The van der Waals surface area contributed by atoms with Gasteiger partial charge in [0.1, 0.15) is 6.54 Å². The fraction of sp³-hybridized carbons (Fsp3) is 0.350. The standard InChI is InChI=1S/C20H26N6O2/c1-5-25-19-17(8-7-13-21-19)24(20(28)26(25)6-2)14-18(27)22-15-9-11-16(12-10-15)23(3)4/h7-13H,5-6,14H2,1-4H3,(H,22,27). The van der Waals surface area contributed by atoms with Crippen molar-refractivity contribution >= 4 is 34.8 Å². The van der Waals surface area contributed by atoms with Crippen molar-refractivity contribution in [3.05, 3.63) is 42.6 Å². The number of hydrogen-bond acceptors (Lipinski definition) is 5. The molecule has 0 radical (unpaired) electrons. The minimum Gasteiger partial charge on any atom is -0.378 e. The van der Waals surface area contributed by atoms with E-state index in [1.165, 1.54) is 4.90 Å². The fourth-order valence-corrected chi connectivity index (χ4v) is 3.22. The van der Waals surface area contributed by atoms with E-state index < -0.39 is 0 Å². The summed E-state index contributed by atoms with van der Waals surface area (Å²) in [6.07, 6.45) is 1.69. The van der Waals surface area contributed by atoms with Gasteiger partial charge in [-0.1, -0.05) is 0 Å². The van der Waals surface area contributed by atoms with Crippen LogP contribution >= 0.6 is 0 Å². The Hall–Kier alpha value is -3.29. The van der Waals surface area contributed by atoms with Crippen LogP contribution < -0.4 is 20.1 Å². The number of carbonyl (C=O) groups is 2. The maximum Gasteiger partial charge on any atom is 0.343 e. The molecular weight excluding hydrogens is 356 g/mol. The molecule has 1 aromatic heterocycles. The van der Waals surface area contributed by atoms with Gasteiger partial charge < -0.3 is 10.2 Å². The Morgan fingerprint density at radius 2 is 1.75 bits per heavy atom. The molecule has 0 aliphatic carbocycles. The molecule has 1 N–H and O–H groups in total. The van der Waals surface area contributed by atoms with Gasteiger partial charge in [-0.05, 0) is 50.2 Å². The first-order valence-corrected chi connectivity index (χ1v) is 9.35. The molecule has 2 heterocycles. The Morgan fingerprint density at radius 1 is 1.07 bits per heavy atom. The second-order valence-corrected chi connectivity index (χ2v) is 6.64. The molecule has 1 aromatic carbocycles. The van der Waals surface area contributed by atoms with Gasteiger partial charge in [-0.2, -0.15) is 0 Å². The normalized spacial score (nSPS) is 13.4. The lowest BCUT2D eigenvalue weighted by Gasteiger charge is -2.43. The highest BCUT2D eigenvalue weighted by Gasteiger charge is 2.36. The number of benzene rings is 1. The van der Waals surface area contributed by atoms with Gasteiger partial charge in [0.25, 0.3) is 0 Å². The summed E-state index contributed by atoms with van der Waals surface area (Å²) in [4.78, 5) is 33.5. The van der Waals surface area contributed by atoms with E-state index in [9.17, 15) is 9.59 Å². The summed E-state index contributed by atoms with van der Waals surface area (Å²) in [7, 11) is 3.92. The van der Waals surface area contributed by atoms with E-state index in [1.807, 2.05) is 68.2 Å². The first kappa shape index (κ1) is 19.5. The maximum atomic E-state index is 13.0. The molecule has 28 heavy (non-hydrogen) atoms. The van der Waals surface area contributed by atoms with Gasteiger partial charge in [0, 0.05) is 44.8 Å². The van der Waals surface area contributed by atoms with Crippen molar-refractivity contribution in [1.29, 1.82) is 0 Å². The average Bonchev–Trinajstić information content (AvgIpc) is 2.70. The van der Waals surface area contributed by atoms with E-state index in [2.05, 4.69) is 10.3 Å². The van der Waals surface area contributed by atoms with Gasteiger partial charge >= 0.3 is 6.03 Å². The molecule has 0 spiro atoms. The monoisotopic (exact) mass is 382 g/mol. The van der Waals surface area contributed by atoms with Crippen LogP contribution in [0.25, 0.3) is 0 Å². The predicted molar refractivity (Wildman–Crippen MR) is 112 cm³/mol. The predicted octanol–water partition coefficient (Wildman–Crippen LogP) is 2.79. The molecule has 1 aliphatic heterocycles. The summed E-state index contributed by atoms with van der Waals surface area (Å²) in [5.74, 6) is 0.413. The summed E-state index contributed by atoms with van der Waals surface area (Å²) in [6, 6.07) is 10.9. The van der Waals surface area contributed by atoms with Crippen molar-refractivity contribution in [2.24, 2.45) is 0 Å². The second kappa shape index (κ2) is 8.16. The number of amides is 3. The lowest BCUT2D eigenvalue weighted by Crippen LogP contribution is -2.58. The van der Waals surface area contributed by atoms with E-state index in [-0.39, 0.29) is 18.5 Å². The van der Waals surface area contributed by atoms with Crippen LogP contribution in [0.15, 0.2) is 42.6 Å². The van der Waals surface area contributed by atoms with Gasteiger partial charge in [0.15, 0.2) is 5.82 Å². The molecule has 2 aromatic rings. The maximum absolute atomic E-state index is 13.0. The van der Waals surface area contributed by atoms with Crippen molar-refractivity contribution in [3.8, 4) is 0 Å². The van der Waals surface area contributed by atoms with Crippen LogP contribution in [0, 0.1) is 0 Å². The zero-order chi connectivity index (χ0) is 20.3. The number of pyridine rings is 1. The van der Waals surface area contributed by atoms with E-state index >= 15 is 0 Å². The summed E-state index contributed by atoms with van der Waals surface area (Å²) < 4.78 is 0. The SMILES string of the molecule is CCN1C(=O)N(CC(=O)Nc2ccc(N(C)C)cc2)c2cccnc2N1CC. The highest BCUT2D eigenvalue weighted by Crippen LogP contribution is 2.33. The molecule has 8 nitrogen and oxygen atoms in total.